The number of carbonyl (C=O) groups is 1. The maximum atomic E-state index is 12.3. The van der Waals surface area contributed by atoms with E-state index in [2.05, 4.69) is 11.0 Å². The number of ketones is 1. The molecule has 3 nitrogen and oxygen atoms in total. The average Bonchev–Trinajstić information content (AvgIpc) is 2.44. The Labute approximate surface area is 128 Å². The number of aliphatic hydroxyl groups excluding tert-OH is 1. The van der Waals surface area contributed by atoms with Gasteiger partial charge in [-0.05, 0) is 64.8 Å². The van der Waals surface area contributed by atoms with E-state index >= 15 is 0 Å². The summed E-state index contributed by atoms with van der Waals surface area (Å²) in [4.78, 5) is 14.6. The summed E-state index contributed by atoms with van der Waals surface area (Å²) in [5.41, 5.74) is 3.14. The number of hydrogen-bond acceptors (Lipinski definition) is 3. The maximum absolute atomic E-state index is 12.3. The molecule has 1 unspecified atom stereocenters. The monoisotopic (exact) mass is 289 g/mol. The lowest BCUT2D eigenvalue weighted by Gasteiger charge is -2.33. The molecule has 0 amide bonds. The van der Waals surface area contributed by atoms with Crippen molar-refractivity contribution in [3.8, 4) is 0 Å². The van der Waals surface area contributed by atoms with E-state index in [9.17, 15) is 9.90 Å². The molecule has 1 aliphatic heterocycles. The Kier molecular flexibility index (Phi) is 5.54. The summed E-state index contributed by atoms with van der Waals surface area (Å²) in [6.45, 7) is 8.77. The molecule has 116 valence electrons. The van der Waals surface area contributed by atoms with E-state index in [0.717, 1.165) is 49.2 Å². The molecule has 1 N–H and O–H groups in total. The Hall–Kier alpha value is -1.19. The van der Waals surface area contributed by atoms with E-state index in [0.29, 0.717) is 12.3 Å². The van der Waals surface area contributed by atoms with Crippen LogP contribution in [0.4, 0.5) is 0 Å². The van der Waals surface area contributed by atoms with Crippen LogP contribution in [0.3, 0.4) is 0 Å². The molecule has 0 bridgehead atoms. The third-order valence-electron chi connectivity index (χ3n) is 4.51. The van der Waals surface area contributed by atoms with Gasteiger partial charge in [-0.2, -0.15) is 0 Å². The second-order valence-corrected chi connectivity index (χ2v) is 6.47. The molecule has 3 heteroatoms. The molecule has 0 aromatic heterocycles. The second kappa shape index (κ2) is 7.19. The molecule has 0 aliphatic carbocycles. The number of aliphatic hydroxyl groups is 1. The van der Waals surface area contributed by atoms with Crippen molar-refractivity contribution in [2.75, 3.05) is 19.6 Å². The Morgan fingerprint density at radius 1 is 1.24 bits per heavy atom. The summed E-state index contributed by atoms with van der Waals surface area (Å²) in [5.74, 6) is 0.663. The minimum Gasteiger partial charge on any atom is -0.393 e. The Balaban J connectivity index is 1.82. The Morgan fingerprint density at radius 3 is 2.33 bits per heavy atom. The highest BCUT2D eigenvalue weighted by Crippen LogP contribution is 2.21. The van der Waals surface area contributed by atoms with Gasteiger partial charge < -0.3 is 10.0 Å². The first-order chi connectivity index (χ1) is 9.95. The van der Waals surface area contributed by atoms with Crippen LogP contribution in [0.2, 0.25) is 0 Å². The van der Waals surface area contributed by atoms with Gasteiger partial charge in [-0.1, -0.05) is 17.2 Å². The van der Waals surface area contributed by atoms with Crippen LogP contribution < -0.4 is 0 Å². The largest absolute Gasteiger partial charge is 0.393 e. The molecule has 1 aromatic rings. The first kappa shape index (κ1) is 16.2. The van der Waals surface area contributed by atoms with Gasteiger partial charge in [0.2, 0.25) is 0 Å². The molecular weight excluding hydrogens is 262 g/mol. The molecule has 2 rings (SSSR count). The summed E-state index contributed by atoms with van der Waals surface area (Å²) in [5, 5.41) is 9.61. The number of likely N-dealkylation sites (tertiary alicyclic amines) is 1. The zero-order valence-electron chi connectivity index (χ0n) is 13.4. The van der Waals surface area contributed by atoms with Crippen molar-refractivity contribution in [3.05, 3.63) is 34.9 Å². The molecular formula is C18H27NO2. The van der Waals surface area contributed by atoms with Crippen LogP contribution >= 0.6 is 0 Å². The summed E-state index contributed by atoms with van der Waals surface area (Å²) in [6, 6.07) is 6.06. The molecule has 0 saturated carbocycles. The normalized spacial score (nSPS) is 18.7. The summed E-state index contributed by atoms with van der Waals surface area (Å²) in [7, 11) is 0. The molecule has 0 radical (unpaired) electrons. The number of carbonyl (C=O) groups excluding carboxylic acids is 1. The molecule has 21 heavy (non-hydrogen) atoms. The average molecular weight is 289 g/mol. The zero-order chi connectivity index (χ0) is 15.4. The van der Waals surface area contributed by atoms with Gasteiger partial charge in [0.05, 0.1) is 6.10 Å². The first-order valence-corrected chi connectivity index (χ1v) is 7.97. The predicted octanol–water partition coefficient (Wildman–Crippen LogP) is 2.97. The molecule has 1 saturated heterocycles. The number of aryl methyl sites for hydroxylation is 2. The smallest absolute Gasteiger partial charge is 0.164 e. The fourth-order valence-corrected chi connectivity index (χ4v) is 3.20. The van der Waals surface area contributed by atoms with Gasteiger partial charge >= 0.3 is 0 Å². The van der Waals surface area contributed by atoms with Crippen molar-refractivity contribution in [2.45, 2.75) is 46.1 Å². The predicted molar refractivity (Wildman–Crippen MR) is 85.7 cm³/mol. The van der Waals surface area contributed by atoms with Crippen molar-refractivity contribution < 1.29 is 9.90 Å². The van der Waals surface area contributed by atoms with Crippen LogP contribution in [0, 0.1) is 19.8 Å². The van der Waals surface area contributed by atoms with Crippen LogP contribution in [0.15, 0.2) is 18.2 Å². The van der Waals surface area contributed by atoms with Gasteiger partial charge in [0, 0.05) is 18.5 Å². The second-order valence-electron chi connectivity index (χ2n) is 6.47. The topological polar surface area (TPSA) is 40.5 Å². The van der Waals surface area contributed by atoms with E-state index in [4.69, 9.17) is 0 Å². The maximum Gasteiger partial charge on any atom is 0.164 e. The van der Waals surface area contributed by atoms with Crippen LogP contribution in [0.5, 0.6) is 0 Å². The Morgan fingerprint density at radius 2 is 1.81 bits per heavy atom. The number of nitrogens with zero attached hydrogens (tertiary/aromatic N) is 1. The van der Waals surface area contributed by atoms with Crippen molar-refractivity contribution in [2.24, 2.45) is 5.92 Å². The first-order valence-electron chi connectivity index (χ1n) is 7.97. The number of piperidine rings is 1. The van der Waals surface area contributed by atoms with Gasteiger partial charge in [0.1, 0.15) is 0 Å². The number of hydrogen-bond donors (Lipinski definition) is 1. The van der Waals surface area contributed by atoms with E-state index < -0.39 is 0 Å². The van der Waals surface area contributed by atoms with Crippen molar-refractivity contribution in [3.63, 3.8) is 0 Å². The van der Waals surface area contributed by atoms with Crippen molar-refractivity contribution >= 4 is 5.78 Å². The number of rotatable bonds is 5. The third kappa shape index (κ3) is 4.65. The minimum absolute atomic E-state index is 0.205. The van der Waals surface area contributed by atoms with Crippen LogP contribution in [0.1, 0.15) is 47.7 Å². The number of Topliss-reactive ketones (excluding diaryl/α,β-unsaturated/α-hetero) is 1. The van der Waals surface area contributed by atoms with E-state index in [-0.39, 0.29) is 11.9 Å². The minimum atomic E-state index is -0.205. The third-order valence-corrected chi connectivity index (χ3v) is 4.51. The highest BCUT2D eigenvalue weighted by atomic mass is 16.3. The van der Waals surface area contributed by atoms with Crippen LogP contribution in [0.25, 0.3) is 0 Å². The number of benzene rings is 1. The summed E-state index contributed by atoms with van der Waals surface area (Å²) in [6.07, 6.45) is 2.46. The lowest BCUT2D eigenvalue weighted by atomic mass is 9.92. The molecule has 1 fully saturated rings. The molecule has 0 spiro atoms. The van der Waals surface area contributed by atoms with E-state index in [1.807, 2.05) is 32.9 Å². The Bertz CT molecular complexity index is 468. The SMILES string of the molecule is Cc1cc(C)cc(C(=O)CCN2CCC(C(C)O)CC2)c1. The molecule has 1 atom stereocenters. The standard InChI is InChI=1S/C18H27NO2/c1-13-10-14(2)12-17(11-13)18(21)6-9-19-7-4-16(5-8-19)15(3)20/h10-12,15-16,20H,4-9H2,1-3H3. The summed E-state index contributed by atoms with van der Waals surface area (Å²) < 4.78 is 0. The van der Waals surface area contributed by atoms with Gasteiger partial charge in [0.15, 0.2) is 5.78 Å². The van der Waals surface area contributed by atoms with Crippen molar-refractivity contribution in [1.29, 1.82) is 0 Å². The lowest BCUT2D eigenvalue weighted by molar-refractivity contribution is 0.0693. The highest BCUT2D eigenvalue weighted by Gasteiger charge is 2.22. The van der Waals surface area contributed by atoms with E-state index in [1.54, 1.807) is 0 Å². The molecule has 1 heterocycles. The highest BCUT2D eigenvalue weighted by molar-refractivity contribution is 5.96. The van der Waals surface area contributed by atoms with Crippen LogP contribution in [-0.4, -0.2) is 41.5 Å². The quantitative estimate of drug-likeness (QED) is 0.847. The van der Waals surface area contributed by atoms with E-state index in [1.165, 1.54) is 0 Å². The van der Waals surface area contributed by atoms with Gasteiger partial charge in [-0.25, -0.2) is 0 Å². The van der Waals surface area contributed by atoms with Gasteiger partial charge in [-0.3, -0.25) is 4.79 Å². The van der Waals surface area contributed by atoms with Gasteiger partial charge in [0.25, 0.3) is 0 Å². The fourth-order valence-electron chi connectivity index (χ4n) is 3.20. The zero-order valence-corrected chi connectivity index (χ0v) is 13.4. The lowest BCUT2D eigenvalue weighted by Crippen LogP contribution is -2.38. The van der Waals surface area contributed by atoms with Crippen LogP contribution in [-0.2, 0) is 0 Å². The summed E-state index contributed by atoms with van der Waals surface area (Å²) >= 11 is 0. The molecule has 1 aliphatic rings. The van der Waals surface area contributed by atoms with Gasteiger partial charge in [-0.15, -0.1) is 0 Å². The fraction of sp³-hybridized carbons (Fsp3) is 0.611. The molecule has 1 aromatic carbocycles. The van der Waals surface area contributed by atoms with Crippen molar-refractivity contribution in [1.82, 2.24) is 4.90 Å².